The van der Waals surface area contributed by atoms with Gasteiger partial charge in [0.1, 0.15) is 5.82 Å². The van der Waals surface area contributed by atoms with Gasteiger partial charge in [-0.15, -0.1) is 0 Å². The zero-order valence-corrected chi connectivity index (χ0v) is 13.4. The van der Waals surface area contributed by atoms with Crippen LogP contribution in [0.4, 0.5) is 10.1 Å². The van der Waals surface area contributed by atoms with Gasteiger partial charge in [0.05, 0.1) is 12.8 Å². The molecule has 0 radical (unpaired) electrons. The third-order valence-corrected chi connectivity index (χ3v) is 3.29. The molecule has 0 aliphatic heterocycles. The first kappa shape index (κ1) is 16.1. The van der Waals surface area contributed by atoms with Crippen molar-refractivity contribution in [2.45, 2.75) is 0 Å². The number of methoxy groups -OCH3 is 1. The highest BCUT2D eigenvalue weighted by Gasteiger charge is 2.00. The summed E-state index contributed by atoms with van der Waals surface area (Å²) >= 11 is 3.21. The number of carbonyl (C=O) groups excluding carboxylic acids is 1. The summed E-state index contributed by atoms with van der Waals surface area (Å²) in [4.78, 5) is 15.3. The first-order chi connectivity index (χ1) is 10.6. The molecule has 0 aliphatic rings. The first-order valence-electron chi connectivity index (χ1n) is 6.44. The maximum atomic E-state index is 13.7. The largest absolute Gasteiger partial charge is 0.466 e. The first-order valence-corrected chi connectivity index (χ1v) is 7.23. The van der Waals surface area contributed by atoms with Crippen LogP contribution in [0, 0.1) is 5.82 Å². The molecule has 2 aromatic rings. The van der Waals surface area contributed by atoms with Crippen molar-refractivity contribution in [3.8, 4) is 0 Å². The SMILES string of the molecule is COC(=O)/C=C/c1cccc(/N=C/c2ccc(Br)cc2F)c1. The normalized spacial score (nSPS) is 11.2. The van der Waals surface area contributed by atoms with E-state index >= 15 is 0 Å². The lowest BCUT2D eigenvalue weighted by atomic mass is 10.2. The van der Waals surface area contributed by atoms with E-state index in [9.17, 15) is 9.18 Å². The zero-order valence-electron chi connectivity index (χ0n) is 11.8. The third kappa shape index (κ3) is 4.63. The second kappa shape index (κ2) is 7.66. The van der Waals surface area contributed by atoms with E-state index in [1.165, 1.54) is 25.5 Å². The molecule has 0 bridgehead atoms. The quantitative estimate of drug-likeness (QED) is 0.456. The number of carbonyl (C=O) groups is 1. The summed E-state index contributed by atoms with van der Waals surface area (Å²) in [6.07, 6.45) is 4.42. The second-order valence-corrected chi connectivity index (χ2v) is 5.29. The molecule has 5 heteroatoms. The number of ether oxygens (including phenoxy) is 1. The fraction of sp³-hybridized carbons (Fsp3) is 0.0588. The van der Waals surface area contributed by atoms with E-state index < -0.39 is 5.97 Å². The van der Waals surface area contributed by atoms with Crippen molar-refractivity contribution in [3.05, 3.63) is 70.0 Å². The van der Waals surface area contributed by atoms with Crippen molar-refractivity contribution in [2.75, 3.05) is 7.11 Å². The molecule has 112 valence electrons. The molecule has 0 fully saturated rings. The fourth-order valence-electron chi connectivity index (χ4n) is 1.69. The molecular formula is C17H13BrFNO2. The van der Waals surface area contributed by atoms with E-state index in [0.717, 1.165) is 5.56 Å². The summed E-state index contributed by atoms with van der Waals surface area (Å²) in [5.74, 6) is -0.772. The van der Waals surface area contributed by atoms with Crippen molar-refractivity contribution in [3.63, 3.8) is 0 Å². The average Bonchev–Trinajstić information content (AvgIpc) is 2.52. The maximum Gasteiger partial charge on any atom is 0.330 e. The summed E-state index contributed by atoms with van der Waals surface area (Å²) in [7, 11) is 1.32. The number of esters is 1. The Bertz CT molecular complexity index is 741. The highest BCUT2D eigenvalue weighted by molar-refractivity contribution is 9.10. The number of aliphatic imine (C=N–C) groups is 1. The molecule has 0 amide bonds. The Morgan fingerprint density at radius 2 is 2.09 bits per heavy atom. The summed E-state index contributed by atoms with van der Waals surface area (Å²) in [6, 6.07) is 12.0. The summed E-state index contributed by atoms with van der Waals surface area (Å²) in [5.41, 5.74) is 1.87. The molecule has 22 heavy (non-hydrogen) atoms. The van der Waals surface area contributed by atoms with Crippen molar-refractivity contribution < 1.29 is 13.9 Å². The van der Waals surface area contributed by atoms with Gasteiger partial charge in [-0.3, -0.25) is 4.99 Å². The third-order valence-electron chi connectivity index (χ3n) is 2.80. The summed E-state index contributed by atoms with van der Waals surface area (Å²) in [6.45, 7) is 0. The molecule has 0 aliphatic carbocycles. The fourth-order valence-corrected chi connectivity index (χ4v) is 2.02. The van der Waals surface area contributed by atoms with E-state index in [0.29, 0.717) is 15.7 Å². The van der Waals surface area contributed by atoms with Crippen LogP contribution >= 0.6 is 15.9 Å². The number of benzene rings is 2. The van der Waals surface area contributed by atoms with E-state index in [1.54, 1.807) is 30.3 Å². The number of halogens is 2. The zero-order chi connectivity index (χ0) is 15.9. The lowest BCUT2D eigenvalue weighted by molar-refractivity contribution is -0.134. The molecule has 3 nitrogen and oxygen atoms in total. The van der Waals surface area contributed by atoms with E-state index in [-0.39, 0.29) is 5.82 Å². The molecule has 2 rings (SSSR count). The Hall–Kier alpha value is -2.27. The van der Waals surface area contributed by atoms with Gasteiger partial charge >= 0.3 is 5.97 Å². The lowest BCUT2D eigenvalue weighted by Crippen LogP contribution is -1.93. The van der Waals surface area contributed by atoms with Crippen LogP contribution in [-0.2, 0) is 9.53 Å². The van der Waals surface area contributed by atoms with Crippen molar-refractivity contribution in [1.29, 1.82) is 0 Å². The molecule has 0 saturated carbocycles. The standard InChI is InChI=1S/C17H13BrFNO2/c1-22-17(21)8-5-12-3-2-4-15(9-12)20-11-13-6-7-14(18)10-16(13)19/h2-11H,1H3/b8-5+,20-11+. The Morgan fingerprint density at radius 1 is 1.27 bits per heavy atom. The van der Waals surface area contributed by atoms with Crippen LogP contribution < -0.4 is 0 Å². The number of hydrogen-bond donors (Lipinski definition) is 0. The molecule has 0 atom stereocenters. The minimum atomic E-state index is -0.425. The average molecular weight is 362 g/mol. The van der Waals surface area contributed by atoms with Crippen molar-refractivity contribution >= 4 is 39.9 Å². The predicted molar refractivity (Wildman–Crippen MR) is 88.8 cm³/mol. The van der Waals surface area contributed by atoms with Gasteiger partial charge in [-0.05, 0) is 42.0 Å². The molecule has 0 N–H and O–H groups in total. The molecular weight excluding hydrogens is 349 g/mol. The van der Waals surface area contributed by atoms with Crippen LogP contribution in [0.25, 0.3) is 6.08 Å². The highest BCUT2D eigenvalue weighted by atomic mass is 79.9. The molecule has 0 heterocycles. The van der Waals surface area contributed by atoms with Crippen LogP contribution in [0.15, 0.2) is 58.0 Å². The van der Waals surface area contributed by atoms with Gasteiger partial charge in [0.15, 0.2) is 0 Å². The van der Waals surface area contributed by atoms with E-state index in [4.69, 9.17) is 0 Å². The monoisotopic (exact) mass is 361 g/mol. The number of rotatable bonds is 4. The second-order valence-electron chi connectivity index (χ2n) is 4.38. The Balaban J connectivity index is 2.18. The van der Waals surface area contributed by atoms with Crippen LogP contribution in [0.1, 0.15) is 11.1 Å². The van der Waals surface area contributed by atoms with Gasteiger partial charge in [0.25, 0.3) is 0 Å². The minimum Gasteiger partial charge on any atom is -0.466 e. The summed E-state index contributed by atoms with van der Waals surface area (Å²) in [5, 5.41) is 0. The van der Waals surface area contributed by atoms with Gasteiger partial charge in [-0.25, -0.2) is 9.18 Å². The van der Waals surface area contributed by atoms with Gasteiger partial charge < -0.3 is 4.74 Å². The number of hydrogen-bond acceptors (Lipinski definition) is 3. The molecule has 0 spiro atoms. The van der Waals surface area contributed by atoms with Crippen LogP contribution in [0.3, 0.4) is 0 Å². The lowest BCUT2D eigenvalue weighted by Gasteiger charge is -1.99. The van der Waals surface area contributed by atoms with E-state index in [2.05, 4.69) is 25.7 Å². The smallest absolute Gasteiger partial charge is 0.330 e. The van der Waals surface area contributed by atoms with Crippen LogP contribution in [0.2, 0.25) is 0 Å². The molecule has 0 aromatic heterocycles. The molecule has 0 saturated heterocycles. The topological polar surface area (TPSA) is 38.7 Å². The Labute approximate surface area is 136 Å². The maximum absolute atomic E-state index is 13.7. The van der Waals surface area contributed by atoms with Gasteiger partial charge in [-0.2, -0.15) is 0 Å². The predicted octanol–water partition coefficient (Wildman–Crippen LogP) is 4.53. The van der Waals surface area contributed by atoms with Crippen LogP contribution in [0.5, 0.6) is 0 Å². The van der Waals surface area contributed by atoms with E-state index in [1.807, 2.05) is 12.1 Å². The van der Waals surface area contributed by atoms with Gasteiger partial charge in [0, 0.05) is 22.3 Å². The van der Waals surface area contributed by atoms with Crippen molar-refractivity contribution in [2.24, 2.45) is 4.99 Å². The van der Waals surface area contributed by atoms with Gasteiger partial charge in [0.2, 0.25) is 0 Å². The Kier molecular flexibility index (Phi) is 5.61. The summed E-state index contributed by atoms with van der Waals surface area (Å²) < 4.78 is 18.9. The molecule has 0 unspecified atom stereocenters. The molecule has 2 aromatic carbocycles. The Morgan fingerprint density at radius 3 is 2.82 bits per heavy atom. The van der Waals surface area contributed by atoms with Gasteiger partial charge in [-0.1, -0.05) is 28.1 Å². The highest BCUT2D eigenvalue weighted by Crippen LogP contribution is 2.17. The minimum absolute atomic E-state index is 0.347. The number of nitrogens with zero attached hydrogens (tertiary/aromatic N) is 1. The van der Waals surface area contributed by atoms with Crippen LogP contribution in [-0.4, -0.2) is 19.3 Å². The van der Waals surface area contributed by atoms with Crippen molar-refractivity contribution in [1.82, 2.24) is 0 Å².